The lowest BCUT2D eigenvalue weighted by Gasteiger charge is -2.40. The molecule has 0 aromatic heterocycles. The van der Waals surface area contributed by atoms with Crippen LogP contribution in [0, 0.1) is 5.92 Å². The number of nitrogens with one attached hydrogen (secondary N) is 2. The second-order valence-electron chi connectivity index (χ2n) is 9.05. The highest BCUT2D eigenvalue weighted by molar-refractivity contribution is 6.00. The number of nitrogens with zero attached hydrogens (tertiary/aromatic N) is 1. The second-order valence-corrected chi connectivity index (χ2v) is 9.05. The Hall–Kier alpha value is -1.92. The minimum atomic E-state index is -0.208. The highest BCUT2D eigenvalue weighted by Gasteiger charge is 2.29. The SMILES string of the molecule is NC1CCC(N2CCC(CNc3ccc(C4CCC(=O)NC4=O)cc3)CC2)CC1. The zero-order valence-electron chi connectivity index (χ0n) is 17.2. The van der Waals surface area contributed by atoms with Crippen molar-refractivity contribution in [3.8, 4) is 0 Å². The Morgan fingerprint density at radius 2 is 1.66 bits per heavy atom. The molecule has 1 aromatic carbocycles. The number of carbonyl (C=O) groups excluding carboxylic acids is 2. The Bertz CT molecular complexity index is 704. The first kappa shape index (κ1) is 20.4. The van der Waals surface area contributed by atoms with Gasteiger partial charge in [0.2, 0.25) is 11.8 Å². The van der Waals surface area contributed by atoms with E-state index in [9.17, 15) is 9.59 Å². The molecule has 0 radical (unpaired) electrons. The molecule has 3 aliphatic rings. The molecule has 1 aromatic rings. The molecule has 1 saturated carbocycles. The summed E-state index contributed by atoms with van der Waals surface area (Å²) in [6, 6.07) is 9.31. The molecule has 4 rings (SSSR count). The van der Waals surface area contributed by atoms with E-state index in [2.05, 4.69) is 27.7 Å². The topological polar surface area (TPSA) is 87.5 Å². The van der Waals surface area contributed by atoms with E-state index >= 15 is 0 Å². The lowest BCUT2D eigenvalue weighted by atomic mass is 9.88. The van der Waals surface area contributed by atoms with Crippen LogP contribution >= 0.6 is 0 Å². The fourth-order valence-corrected chi connectivity index (χ4v) is 5.10. The van der Waals surface area contributed by atoms with E-state index in [-0.39, 0.29) is 17.7 Å². The van der Waals surface area contributed by atoms with Crippen molar-refractivity contribution in [1.82, 2.24) is 10.2 Å². The van der Waals surface area contributed by atoms with Gasteiger partial charge in [0.1, 0.15) is 0 Å². The predicted molar refractivity (Wildman–Crippen MR) is 115 cm³/mol. The average molecular weight is 399 g/mol. The van der Waals surface area contributed by atoms with Gasteiger partial charge in [-0.05, 0) is 81.6 Å². The standard InChI is InChI=1S/C23H34N4O2/c24-18-3-7-20(8-4-18)27-13-11-16(12-14-27)15-25-19-5-1-17(2-6-19)21-9-10-22(28)26-23(21)29/h1-2,5-6,16,18,20-21,25H,3-4,7-15,24H2,(H,26,28,29). The Morgan fingerprint density at radius 3 is 2.31 bits per heavy atom. The van der Waals surface area contributed by atoms with Gasteiger partial charge < -0.3 is 16.0 Å². The Balaban J connectivity index is 1.21. The molecular weight excluding hydrogens is 364 g/mol. The van der Waals surface area contributed by atoms with Crippen LogP contribution in [-0.4, -0.2) is 48.4 Å². The Labute approximate surface area is 173 Å². The molecule has 1 aliphatic carbocycles. The summed E-state index contributed by atoms with van der Waals surface area (Å²) in [6.07, 6.45) is 8.43. The van der Waals surface area contributed by atoms with Crippen LogP contribution in [0.3, 0.4) is 0 Å². The van der Waals surface area contributed by atoms with E-state index in [0.29, 0.717) is 24.8 Å². The monoisotopic (exact) mass is 398 g/mol. The highest BCUT2D eigenvalue weighted by Crippen LogP contribution is 2.28. The maximum atomic E-state index is 12.0. The van der Waals surface area contributed by atoms with Gasteiger partial charge in [-0.25, -0.2) is 0 Å². The van der Waals surface area contributed by atoms with E-state index in [0.717, 1.165) is 23.8 Å². The van der Waals surface area contributed by atoms with Gasteiger partial charge in [-0.3, -0.25) is 14.9 Å². The minimum absolute atomic E-state index is 0.164. The van der Waals surface area contributed by atoms with Crippen LogP contribution < -0.4 is 16.4 Å². The second kappa shape index (κ2) is 9.26. The molecule has 2 heterocycles. The smallest absolute Gasteiger partial charge is 0.234 e. The fraction of sp³-hybridized carbons (Fsp3) is 0.652. The maximum absolute atomic E-state index is 12.0. The molecule has 4 N–H and O–H groups in total. The third kappa shape index (κ3) is 5.17. The summed E-state index contributed by atoms with van der Waals surface area (Å²) < 4.78 is 0. The molecule has 1 unspecified atom stereocenters. The van der Waals surface area contributed by atoms with Gasteiger partial charge in [-0.1, -0.05) is 12.1 Å². The van der Waals surface area contributed by atoms with E-state index < -0.39 is 0 Å². The number of likely N-dealkylation sites (tertiary alicyclic amines) is 1. The molecule has 2 saturated heterocycles. The number of carbonyl (C=O) groups is 2. The number of anilines is 1. The van der Waals surface area contributed by atoms with Gasteiger partial charge in [0.25, 0.3) is 0 Å². The molecule has 2 aliphatic heterocycles. The van der Waals surface area contributed by atoms with Gasteiger partial charge in [-0.2, -0.15) is 0 Å². The fourth-order valence-electron chi connectivity index (χ4n) is 5.10. The summed E-state index contributed by atoms with van der Waals surface area (Å²) in [7, 11) is 0. The molecule has 158 valence electrons. The number of imide groups is 1. The molecule has 3 fully saturated rings. The number of benzene rings is 1. The van der Waals surface area contributed by atoms with E-state index in [1.54, 1.807) is 0 Å². The minimum Gasteiger partial charge on any atom is -0.385 e. The summed E-state index contributed by atoms with van der Waals surface area (Å²) in [5.41, 5.74) is 8.14. The Kier molecular flexibility index (Phi) is 6.50. The number of nitrogens with two attached hydrogens (primary N) is 1. The summed E-state index contributed by atoms with van der Waals surface area (Å²) in [6.45, 7) is 3.42. The number of piperidine rings is 2. The summed E-state index contributed by atoms with van der Waals surface area (Å²) in [4.78, 5) is 26.0. The van der Waals surface area contributed by atoms with Gasteiger partial charge in [0.05, 0.1) is 5.92 Å². The van der Waals surface area contributed by atoms with Crippen molar-refractivity contribution in [3.63, 3.8) is 0 Å². The van der Waals surface area contributed by atoms with Gasteiger partial charge in [-0.15, -0.1) is 0 Å². The van der Waals surface area contributed by atoms with Crippen molar-refractivity contribution in [2.75, 3.05) is 25.0 Å². The van der Waals surface area contributed by atoms with E-state index in [1.165, 1.54) is 51.6 Å². The number of rotatable bonds is 5. The molecule has 0 spiro atoms. The number of hydrogen-bond acceptors (Lipinski definition) is 5. The maximum Gasteiger partial charge on any atom is 0.234 e. The molecule has 2 amide bonds. The largest absolute Gasteiger partial charge is 0.385 e. The molecule has 1 atom stereocenters. The zero-order valence-corrected chi connectivity index (χ0v) is 17.2. The molecular formula is C23H34N4O2. The molecule has 29 heavy (non-hydrogen) atoms. The van der Waals surface area contributed by atoms with Gasteiger partial charge in [0.15, 0.2) is 0 Å². The highest BCUT2D eigenvalue weighted by atomic mass is 16.2. The van der Waals surface area contributed by atoms with Gasteiger partial charge >= 0.3 is 0 Å². The van der Waals surface area contributed by atoms with Crippen molar-refractivity contribution in [2.24, 2.45) is 11.7 Å². The lowest BCUT2D eigenvalue weighted by Crippen LogP contribution is -2.45. The van der Waals surface area contributed by atoms with Crippen LogP contribution in [0.2, 0.25) is 0 Å². The third-order valence-electron chi connectivity index (χ3n) is 7.05. The Morgan fingerprint density at radius 1 is 0.966 bits per heavy atom. The van der Waals surface area contributed by atoms with Crippen LogP contribution in [0.1, 0.15) is 62.8 Å². The summed E-state index contributed by atoms with van der Waals surface area (Å²) >= 11 is 0. The zero-order chi connectivity index (χ0) is 20.2. The molecule has 0 bridgehead atoms. The lowest BCUT2D eigenvalue weighted by molar-refractivity contribution is -0.134. The third-order valence-corrected chi connectivity index (χ3v) is 7.05. The van der Waals surface area contributed by atoms with Crippen LogP contribution in [-0.2, 0) is 9.59 Å². The summed E-state index contributed by atoms with van der Waals surface area (Å²) in [5.74, 6) is 0.170. The van der Waals surface area contributed by atoms with Crippen LogP contribution in [0.4, 0.5) is 5.69 Å². The average Bonchev–Trinajstić information content (AvgIpc) is 2.74. The first-order chi connectivity index (χ1) is 14.1. The van der Waals surface area contributed by atoms with Crippen LogP contribution in [0.25, 0.3) is 0 Å². The first-order valence-electron chi connectivity index (χ1n) is 11.3. The normalized spacial score (nSPS) is 29.5. The molecule has 6 nitrogen and oxygen atoms in total. The summed E-state index contributed by atoms with van der Waals surface area (Å²) in [5, 5.41) is 6.01. The van der Waals surface area contributed by atoms with Crippen LogP contribution in [0.15, 0.2) is 24.3 Å². The van der Waals surface area contributed by atoms with Crippen molar-refractivity contribution in [3.05, 3.63) is 29.8 Å². The van der Waals surface area contributed by atoms with E-state index in [1.807, 2.05) is 12.1 Å². The predicted octanol–water partition coefficient (Wildman–Crippen LogP) is 2.60. The van der Waals surface area contributed by atoms with Crippen molar-refractivity contribution < 1.29 is 9.59 Å². The van der Waals surface area contributed by atoms with Crippen molar-refractivity contribution in [1.29, 1.82) is 0 Å². The molecule has 6 heteroatoms. The number of hydrogen-bond donors (Lipinski definition) is 3. The van der Waals surface area contributed by atoms with E-state index in [4.69, 9.17) is 5.73 Å². The van der Waals surface area contributed by atoms with Crippen molar-refractivity contribution in [2.45, 2.75) is 69.4 Å². The quantitative estimate of drug-likeness (QED) is 0.664. The first-order valence-corrected chi connectivity index (χ1v) is 11.3. The van der Waals surface area contributed by atoms with Crippen molar-refractivity contribution >= 4 is 17.5 Å². The number of amides is 2. The van der Waals surface area contributed by atoms with Crippen LogP contribution in [0.5, 0.6) is 0 Å². The van der Waals surface area contributed by atoms with Gasteiger partial charge in [0, 0.05) is 30.7 Å².